The SMILES string of the molecule is CCCCCCCCSc1ccccc1NC1=C(C(=O)OCC)CC(Nc2ccccc2SCCCCCCCC)=C(C(=O)OCC)C1. The van der Waals surface area contributed by atoms with E-state index in [0.29, 0.717) is 22.5 Å². The zero-order chi connectivity index (χ0) is 34.4. The van der Waals surface area contributed by atoms with Crippen molar-refractivity contribution in [2.45, 2.75) is 127 Å². The first-order chi connectivity index (χ1) is 23.5. The number of unbranched alkanes of at least 4 members (excludes halogenated alkanes) is 10. The van der Waals surface area contributed by atoms with Crippen LogP contribution in [0.3, 0.4) is 0 Å². The molecule has 1 aliphatic rings. The van der Waals surface area contributed by atoms with Gasteiger partial charge in [-0.25, -0.2) is 9.59 Å². The molecule has 0 saturated heterocycles. The van der Waals surface area contributed by atoms with Crippen molar-refractivity contribution in [1.29, 1.82) is 0 Å². The molecule has 0 aliphatic heterocycles. The molecule has 0 saturated carbocycles. The van der Waals surface area contributed by atoms with Crippen molar-refractivity contribution in [3.63, 3.8) is 0 Å². The molecular weight excluding hydrogens is 637 g/mol. The van der Waals surface area contributed by atoms with Gasteiger partial charge in [0.15, 0.2) is 0 Å². The number of anilines is 2. The molecule has 8 heteroatoms. The van der Waals surface area contributed by atoms with Crippen LogP contribution >= 0.6 is 23.5 Å². The highest BCUT2D eigenvalue weighted by molar-refractivity contribution is 7.99. The lowest BCUT2D eigenvalue weighted by Crippen LogP contribution is -2.25. The molecule has 3 rings (SSSR count). The van der Waals surface area contributed by atoms with Crippen molar-refractivity contribution in [3.8, 4) is 0 Å². The Labute approximate surface area is 298 Å². The molecule has 0 radical (unpaired) electrons. The molecule has 48 heavy (non-hydrogen) atoms. The first-order valence-corrected chi connectivity index (χ1v) is 20.2. The van der Waals surface area contributed by atoms with E-state index in [-0.39, 0.29) is 38.0 Å². The first-order valence-electron chi connectivity index (χ1n) is 18.3. The zero-order valence-corrected chi connectivity index (χ0v) is 31.4. The van der Waals surface area contributed by atoms with Crippen molar-refractivity contribution >= 4 is 46.8 Å². The summed E-state index contributed by atoms with van der Waals surface area (Å²) in [6.07, 6.45) is 15.6. The molecule has 0 heterocycles. The maximum Gasteiger partial charge on any atom is 0.336 e. The number of thioether (sulfide) groups is 2. The Balaban J connectivity index is 1.82. The topological polar surface area (TPSA) is 76.7 Å². The average molecular weight is 695 g/mol. The number of hydrogen-bond donors (Lipinski definition) is 2. The van der Waals surface area contributed by atoms with Gasteiger partial charge in [-0.2, -0.15) is 0 Å². The maximum atomic E-state index is 13.4. The van der Waals surface area contributed by atoms with Crippen molar-refractivity contribution in [1.82, 2.24) is 0 Å². The molecule has 0 amide bonds. The Morgan fingerprint density at radius 1 is 0.562 bits per heavy atom. The standard InChI is InChI=1S/C40H58N2O4S2/c1-5-9-11-13-15-21-27-47-37-25-19-17-23-33(37)41-35-29-32(40(44)46-8-4)36(30-31(35)39(43)45-7-3)42-34-24-18-20-26-38(34)48-28-22-16-14-12-10-6-2/h17-20,23-26,41-42H,5-16,21-22,27-30H2,1-4H3. The number of carbonyl (C=O) groups excluding carboxylic acids is 2. The second-order valence-electron chi connectivity index (χ2n) is 12.2. The molecule has 6 nitrogen and oxygen atoms in total. The van der Waals surface area contributed by atoms with Gasteiger partial charge >= 0.3 is 11.9 Å². The van der Waals surface area contributed by atoms with Crippen molar-refractivity contribution in [2.24, 2.45) is 0 Å². The molecular formula is C40H58N2O4S2. The molecule has 1 aliphatic carbocycles. The largest absolute Gasteiger partial charge is 0.463 e. The summed E-state index contributed by atoms with van der Waals surface area (Å²) in [6.45, 7) is 8.67. The Hall–Kier alpha value is -2.84. The average Bonchev–Trinajstić information content (AvgIpc) is 3.09. The van der Waals surface area contributed by atoms with Crippen LogP contribution in [-0.4, -0.2) is 36.7 Å². The van der Waals surface area contributed by atoms with E-state index in [9.17, 15) is 9.59 Å². The summed E-state index contributed by atoms with van der Waals surface area (Å²) < 4.78 is 11.1. The van der Waals surface area contributed by atoms with E-state index < -0.39 is 0 Å². The number of carbonyl (C=O) groups is 2. The lowest BCUT2D eigenvalue weighted by Gasteiger charge is -2.27. The van der Waals surface area contributed by atoms with Crippen molar-refractivity contribution in [2.75, 3.05) is 35.4 Å². The molecule has 0 bridgehead atoms. The van der Waals surface area contributed by atoms with Crippen LogP contribution in [0, 0.1) is 0 Å². The number of para-hydroxylation sites is 2. The molecule has 2 aromatic carbocycles. The van der Waals surface area contributed by atoms with Gasteiger partial charge in [-0.1, -0.05) is 102 Å². The van der Waals surface area contributed by atoms with Gasteiger partial charge < -0.3 is 20.1 Å². The minimum absolute atomic E-state index is 0.235. The maximum absolute atomic E-state index is 13.4. The van der Waals surface area contributed by atoms with Crippen molar-refractivity contribution < 1.29 is 19.1 Å². The Kier molecular flexibility index (Phi) is 19.4. The van der Waals surface area contributed by atoms with Gasteiger partial charge in [0.2, 0.25) is 0 Å². The molecule has 264 valence electrons. The first kappa shape index (κ1) is 39.6. The quantitative estimate of drug-likeness (QED) is 0.0639. The number of benzene rings is 2. The monoisotopic (exact) mass is 694 g/mol. The lowest BCUT2D eigenvalue weighted by molar-refractivity contribution is -0.140. The Bertz CT molecular complexity index is 1240. The fourth-order valence-corrected chi connectivity index (χ4v) is 7.73. The van der Waals surface area contributed by atoms with E-state index in [4.69, 9.17) is 9.47 Å². The number of esters is 2. The van der Waals surface area contributed by atoms with E-state index in [1.165, 1.54) is 77.0 Å². The van der Waals surface area contributed by atoms with Crippen molar-refractivity contribution in [3.05, 3.63) is 71.1 Å². The van der Waals surface area contributed by atoms with Crippen LogP contribution < -0.4 is 10.6 Å². The normalized spacial score (nSPS) is 13.1. The van der Waals surface area contributed by atoms with Gasteiger partial charge in [-0.15, -0.1) is 23.5 Å². The van der Waals surface area contributed by atoms with Crippen LogP contribution in [0.2, 0.25) is 0 Å². The Morgan fingerprint density at radius 3 is 1.33 bits per heavy atom. The van der Waals surface area contributed by atoms with Gasteiger partial charge in [-0.3, -0.25) is 0 Å². The van der Waals surface area contributed by atoms with Crippen LogP contribution in [0.5, 0.6) is 0 Å². The Morgan fingerprint density at radius 2 is 0.938 bits per heavy atom. The van der Waals surface area contributed by atoms with E-state index in [1.54, 1.807) is 0 Å². The van der Waals surface area contributed by atoms with Crippen LogP contribution in [-0.2, 0) is 19.1 Å². The summed E-state index contributed by atoms with van der Waals surface area (Å²) in [5, 5.41) is 7.13. The van der Waals surface area contributed by atoms with Gasteiger partial charge in [0.25, 0.3) is 0 Å². The minimum atomic E-state index is -0.370. The van der Waals surface area contributed by atoms with E-state index >= 15 is 0 Å². The third kappa shape index (κ3) is 13.6. The number of nitrogens with one attached hydrogen (secondary N) is 2. The highest BCUT2D eigenvalue weighted by atomic mass is 32.2. The van der Waals surface area contributed by atoms with Crippen LogP contribution in [0.15, 0.2) is 80.9 Å². The number of allylic oxidation sites excluding steroid dienone is 2. The molecule has 0 unspecified atom stereocenters. The molecule has 2 aromatic rings. The third-order valence-corrected chi connectivity index (χ3v) is 10.7. The summed E-state index contributed by atoms with van der Waals surface area (Å²) in [5.41, 5.74) is 4.28. The van der Waals surface area contributed by atoms with Gasteiger partial charge in [0.05, 0.1) is 35.7 Å². The molecule has 0 atom stereocenters. The molecule has 0 aromatic heterocycles. The smallest absolute Gasteiger partial charge is 0.336 e. The predicted molar refractivity (Wildman–Crippen MR) is 205 cm³/mol. The van der Waals surface area contributed by atoms with Gasteiger partial charge in [-0.05, 0) is 62.5 Å². The summed E-state index contributed by atoms with van der Waals surface area (Å²) in [5.74, 6) is 1.33. The summed E-state index contributed by atoms with van der Waals surface area (Å²) in [4.78, 5) is 29.1. The predicted octanol–water partition coefficient (Wildman–Crippen LogP) is 11.5. The number of hydrogen-bond acceptors (Lipinski definition) is 8. The summed E-state index contributed by atoms with van der Waals surface area (Å²) in [7, 11) is 0. The highest BCUT2D eigenvalue weighted by Crippen LogP contribution is 2.37. The molecule has 0 spiro atoms. The third-order valence-electron chi connectivity index (χ3n) is 8.34. The summed E-state index contributed by atoms with van der Waals surface area (Å²) >= 11 is 3.66. The summed E-state index contributed by atoms with van der Waals surface area (Å²) in [6, 6.07) is 16.4. The van der Waals surface area contributed by atoms with Crippen LogP contribution in [0.1, 0.15) is 118 Å². The second-order valence-corrected chi connectivity index (χ2v) is 14.5. The molecule has 0 fully saturated rings. The number of rotatable bonds is 24. The second kappa shape index (κ2) is 23.5. The fourth-order valence-electron chi connectivity index (χ4n) is 5.69. The zero-order valence-electron chi connectivity index (χ0n) is 29.8. The van der Waals surface area contributed by atoms with Crippen LogP contribution in [0.4, 0.5) is 11.4 Å². The van der Waals surface area contributed by atoms with E-state index in [1.807, 2.05) is 73.8 Å². The highest BCUT2D eigenvalue weighted by Gasteiger charge is 2.31. The number of ether oxygens (including phenoxy) is 2. The van der Waals surface area contributed by atoms with Gasteiger partial charge in [0, 0.05) is 34.0 Å². The minimum Gasteiger partial charge on any atom is -0.463 e. The van der Waals surface area contributed by atoms with E-state index in [2.05, 4.69) is 36.6 Å². The lowest BCUT2D eigenvalue weighted by atomic mass is 9.92. The van der Waals surface area contributed by atoms with E-state index in [0.717, 1.165) is 32.7 Å². The van der Waals surface area contributed by atoms with Crippen LogP contribution in [0.25, 0.3) is 0 Å². The fraction of sp³-hybridized carbons (Fsp3) is 0.550. The molecule has 2 N–H and O–H groups in total. The van der Waals surface area contributed by atoms with Gasteiger partial charge in [0.1, 0.15) is 0 Å².